The molecule has 2 fully saturated rings. The minimum atomic E-state index is -0.622. The van der Waals surface area contributed by atoms with Crippen molar-refractivity contribution in [3.8, 4) is 11.8 Å². The minimum Gasteiger partial charge on any atom is -0.495 e. The summed E-state index contributed by atoms with van der Waals surface area (Å²) in [7, 11) is 3.51. The molecule has 2 aliphatic rings. The Kier molecular flexibility index (Phi) is 6.46. The van der Waals surface area contributed by atoms with Gasteiger partial charge in [0.2, 0.25) is 5.91 Å². The van der Waals surface area contributed by atoms with Gasteiger partial charge in [0.05, 0.1) is 24.9 Å². The molecule has 0 aromatic heterocycles. The molecular weight excluding hydrogens is 352 g/mol. The lowest BCUT2D eigenvalue weighted by Crippen LogP contribution is -2.58. The first kappa shape index (κ1) is 20.5. The number of anilines is 1. The predicted molar refractivity (Wildman–Crippen MR) is 110 cm³/mol. The Balaban J connectivity index is 1.62. The van der Waals surface area contributed by atoms with Crippen molar-refractivity contribution in [2.75, 3.05) is 45.2 Å². The molecule has 1 aliphatic heterocycles. The van der Waals surface area contributed by atoms with Crippen LogP contribution in [0, 0.1) is 11.3 Å². The Hall–Kier alpha value is -2.26. The highest BCUT2D eigenvalue weighted by Gasteiger charge is 2.41. The van der Waals surface area contributed by atoms with Crippen molar-refractivity contribution in [1.29, 1.82) is 5.26 Å². The summed E-state index contributed by atoms with van der Waals surface area (Å²) in [5.41, 5.74) is 0.481. The molecule has 152 valence electrons. The first-order chi connectivity index (χ1) is 13.5. The number of para-hydroxylation sites is 2. The number of hydrogen-bond acceptors (Lipinski definition) is 5. The number of piperazine rings is 1. The van der Waals surface area contributed by atoms with Crippen LogP contribution in [0.25, 0.3) is 0 Å². The summed E-state index contributed by atoms with van der Waals surface area (Å²) < 4.78 is 5.49. The maximum Gasteiger partial charge on any atom is 0.240 e. The number of rotatable bonds is 5. The lowest BCUT2D eigenvalue weighted by Gasteiger charge is -2.43. The van der Waals surface area contributed by atoms with E-state index < -0.39 is 5.54 Å². The van der Waals surface area contributed by atoms with E-state index in [1.54, 1.807) is 12.0 Å². The molecule has 0 unspecified atom stereocenters. The van der Waals surface area contributed by atoms with Gasteiger partial charge in [0.25, 0.3) is 0 Å². The average molecular weight is 385 g/mol. The van der Waals surface area contributed by atoms with Crippen molar-refractivity contribution in [3.05, 3.63) is 24.3 Å². The normalized spacial score (nSPS) is 20.9. The number of carbonyl (C=O) groups excluding carboxylic acids is 1. The molecule has 1 amide bonds. The Labute approximate surface area is 168 Å². The van der Waals surface area contributed by atoms with Crippen LogP contribution in [0.1, 0.15) is 39.0 Å². The van der Waals surface area contributed by atoms with Gasteiger partial charge in [0.1, 0.15) is 11.3 Å². The first-order valence-corrected chi connectivity index (χ1v) is 10.3. The smallest absolute Gasteiger partial charge is 0.240 e. The van der Waals surface area contributed by atoms with Crippen LogP contribution in [-0.2, 0) is 4.79 Å². The Morgan fingerprint density at radius 1 is 1.18 bits per heavy atom. The molecule has 1 aromatic carbocycles. The summed E-state index contributed by atoms with van der Waals surface area (Å²) in [5.74, 6) is 0.947. The molecule has 6 nitrogen and oxygen atoms in total. The molecule has 1 aliphatic carbocycles. The number of benzene rings is 1. The highest BCUT2D eigenvalue weighted by molar-refractivity contribution is 5.82. The number of nitriles is 1. The fourth-order valence-electron chi connectivity index (χ4n) is 4.55. The zero-order valence-electron chi connectivity index (χ0n) is 17.4. The molecular formula is C22H32N4O2. The lowest BCUT2D eigenvalue weighted by molar-refractivity contribution is -0.140. The van der Waals surface area contributed by atoms with Gasteiger partial charge in [-0.15, -0.1) is 0 Å². The van der Waals surface area contributed by atoms with E-state index in [0.717, 1.165) is 69.7 Å². The summed E-state index contributed by atoms with van der Waals surface area (Å²) in [5, 5.41) is 9.79. The van der Waals surface area contributed by atoms with Crippen LogP contribution in [0.5, 0.6) is 5.75 Å². The summed E-state index contributed by atoms with van der Waals surface area (Å²) in [4.78, 5) is 19.4. The van der Waals surface area contributed by atoms with Gasteiger partial charge in [0.15, 0.2) is 0 Å². The summed E-state index contributed by atoms with van der Waals surface area (Å²) >= 11 is 0. The van der Waals surface area contributed by atoms with Gasteiger partial charge in [-0.1, -0.05) is 31.4 Å². The van der Waals surface area contributed by atoms with Crippen molar-refractivity contribution in [3.63, 3.8) is 0 Å². The van der Waals surface area contributed by atoms with Gasteiger partial charge in [-0.2, -0.15) is 5.26 Å². The predicted octanol–water partition coefficient (Wildman–Crippen LogP) is 2.89. The van der Waals surface area contributed by atoms with Crippen LogP contribution in [-0.4, -0.2) is 67.6 Å². The van der Waals surface area contributed by atoms with E-state index in [9.17, 15) is 10.1 Å². The molecule has 1 saturated heterocycles. The summed E-state index contributed by atoms with van der Waals surface area (Å²) in [6.07, 6.45) is 4.79. The van der Waals surface area contributed by atoms with Crippen LogP contribution in [0.3, 0.4) is 0 Å². The number of carbonyl (C=O) groups is 1. The zero-order chi connectivity index (χ0) is 20.1. The third-order valence-corrected chi connectivity index (χ3v) is 6.51. The molecule has 0 spiro atoms. The molecule has 0 bridgehead atoms. The Bertz CT molecular complexity index is 715. The monoisotopic (exact) mass is 384 g/mol. The number of likely N-dealkylation sites (N-methyl/N-ethyl adjacent to an activating group) is 1. The highest BCUT2D eigenvalue weighted by atomic mass is 16.5. The molecule has 1 heterocycles. The Morgan fingerprint density at radius 3 is 2.43 bits per heavy atom. The molecule has 28 heavy (non-hydrogen) atoms. The van der Waals surface area contributed by atoms with E-state index in [1.165, 1.54) is 0 Å². The van der Waals surface area contributed by atoms with Crippen molar-refractivity contribution in [2.45, 2.75) is 50.6 Å². The third kappa shape index (κ3) is 3.95. The van der Waals surface area contributed by atoms with E-state index >= 15 is 0 Å². The molecule has 1 aromatic rings. The number of nitrogens with zero attached hydrogens (tertiary/aromatic N) is 4. The maximum atomic E-state index is 13.2. The van der Waals surface area contributed by atoms with Gasteiger partial charge in [-0.3, -0.25) is 9.69 Å². The summed E-state index contributed by atoms with van der Waals surface area (Å²) in [6, 6.07) is 10.3. The van der Waals surface area contributed by atoms with Gasteiger partial charge in [0, 0.05) is 33.2 Å². The van der Waals surface area contributed by atoms with Crippen molar-refractivity contribution in [1.82, 2.24) is 9.80 Å². The van der Waals surface area contributed by atoms with Crippen molar-refractivity contribution in [2.24, 2.45) is 0 Å². The SMILES string of the molecule is COc1ccccc1N1CCN([C@H](C)C(=O)N(C)C2(C#N)CCCCC2)CC1. The zero-order valence-corrected chi connectivity index (χ0v) is 17.4. The standard InChI is InChI=1S/C22H32N4O2/c1-18(21(27)24(2)22(17-23)11-7-4-8-12-22)25-13-15-26(16-14-25)19-9-5-6-10-20(19)28-3/h5-6,9-10,18H,4,7-8,11-16H2,1-3H3/t18-/m1/s1. The lowest BCUT2D eigenvalue weighted by atomic mass is 9.81. The highest BCUT2D eigenvalue weighted by Crippen LogP contribution is 2.33. The molecule has 3 rings (SSSR count). The summed E-state index contributed by atoms with van der Waals surface area (Å²) in [6.45, 7) is 5.32. The van der Waals surface area contributed by atoms with Crippen LogP contribution in [0.4, 0.5) is 5.69 Å². The molecule has 1 atom stereocenters. The fourth-order valence-corrected chi connectivity index (χ4v) is 4.55. The van der Waals surface area contributed by atoms with Gasteiger partial charge in [-0.05, 0) is 31.9 Å². The fraction of sp³-hybridized carbons (Fsp3) is 0.636. The first-order valence-electron chi connectivity index (χ1n) is 10.3. The molecule has 6 heteroatoms. The van der Waals surface area contributed by atoms with Gasteiger partial charge < -0.3 is 14.5 Å². The van der Waals surface area contributed by atoms with E-state index in [0.29, 0.717) is 0 Å². The second kappa shape index (κ2) is 8.83. The number of methoxy groups -OCH3 is 1. The van der Waals surface area contributed by atoms with Crippen LogP contribution in [0.2, 0.25) is 0 Å². The quantitative estimate of drug-likeness (QED) is 0.781. The number of ether oxygens (including phenoxy) is 1. The topological polar surface area (TPSA) is 59.8 Å². The average Bonchev–Trinajstić information content (AvgIpc) is 2.78. The van der Waals surface area contributed by atoms with Crippen LogP contribution >= 0.6 is 0 Å². The van der Waals surface area contributed by atoms with E-state index in [-0.39, 0.29) is 11.9 Å². The largest absolute Gasteiger partial charge is 0.495 e. The maximum absolute atomic E-state index is 13.2. The van der Waals surface area contributed by atoms with Gasteiger partial charge >= 0.3 is 0 Å². The molecule has 0 radical (unpaired) electrons. The molecule has 1 saturated carbocycles. The van der Waals surface area contributed by atoms with Crippen molar-refractivity contribution >= 4 is 11.6 Å². The van der Waals surface area contributed by atoms with E-state index in [1.807, 2.05) is 32.2 Å². The van der Waals surface area contributed by atoms with Crippen LogP contribution < -0.4 is 9.64 Å². The second-order valence-electron chi connectivity index (χ2n) is 7.97. The van der Waals surface area contributed by atoms with E-state index in [4.69, 9.17) is 4.74 Å². The van der Waals surface area contributed by atoms with Crippen LogP contribution in [0.15, 0.2) is 24.3 Å². The van der Waals surface area contributed by atoms with E-state index in [2.05, 4.69) is 21.9 Å². The van der Waals surface area contributed by atoms with Gasteiger partial charge in [-0.25, -0.2) is 0 Å². The Morgan fingerprint density at radius 2 is 1.82 bits per heavy atom. The second-order valence-corrected chi connectivity index (χ2v) is 7.97. The minimum absolute atomic E-state index is 0.0641. The third-order valence-electron chi connectivity index (χ3n) is 6.51. The number of amides is 1. The van der Waals surface area contributed by atoms with Crippen molar-refractivity contribution < 1.29 is 9.53 Å². The number of hydrogen-bond donors (Lipinski definition) is 0. The molecule has 0 N–H and O–H groups in total.